The molecule has 0 unspecified atom stereocenters. The molecule has 2 aromatic rings. The lowest BCUT2D eigenvalue weighted by Crippen LogP contribution is -2.04. The van der Waals surface area contributed by atoms with Crippen molar-refractivity contribution in [3.8, 4) is 11.6 Å². The van der Waals surface area contributed by atoms with Crippen molar-refractivity contribution in [3.63, 3.8) is 0 Å². The molecule has 1 fully saturated rings. The SMILES string of the molecule is C/C=C/c1ccccc1Oc1nc(C2CC2)nc(N)c1C. The van der Waals surface area contributed by atoms with Crippen molar-refractivity contribution in [1.82, 2.24) is 9.97 Å². The minimum absolute atomic E-state index is 0.445. The Hall–Kier alpha value is -2.36. The Morgan fingerprint density at radius 2 is 2.00 bits per heavy atom. The second-order valence-electron chi connectivity index (χ2n) is 5.31. The number of nitrogens with two attached hydrogens (primary N) is 1. The lowest BCUT2D eigenvalue weighted by Gasteiger charge is -2.12. The van der Waals surface area contributed by atoms with Crippen molar-refractivity contribution in [2.24, 2.45) is 0 Å². The van der Waals surface area contributed by atoms with E-state index in [2.05, 4.69) is 9.97 Å². The molecule has 4 heteroatoms. The normalized spacial score (nSPS) is 14.6. The molecule has 108 valence electrons. The lowest BCUT2D eigenvalue weighted by molar-refractivity contribution is 0.454. The van der Waals surface area contributed by atoms with Gasteiger partial charge >= 0.3 is 0 Å². The van der Waals surface area contributed by atoms with Gasteiger partial charge in [-0.1, -0.05) is 30.4 Å². The molecule has 0 saturated heterocycles. The van der Waals surface area contributed by atoms with Crippen LogP contribution in [-0.2, 0) is 0 Å². The quantitative estimate of drug-likeness (QED) is 0.917. The number of rotatable bonds is 4. The molecule has 4 nitrogen and oxygen atoms in total. The van der Waals surface area contributed by atoms with Crippen molar-refractivity contribution in [3.05, 3.63) is 47.3 Å². The molecule has 1 heterocycles. The predicted octanol–water partition coefficient (Wildman–Crippen LogP) is 4.07. The first kappa shape index (κ1) is 13.6. The van der Waals surface area contributed by atoms with Crippen LogP contribution in [0.4, 0.5) is 5.82 Å². The molecule has 1 aromatic carbocycles. The topological polar surface area (TPSA) is 61.0 Å². The summed E-state index contributed by atoms with van der Waals surface area (Å²) in [7, 11) is 0. The van der Waals surface area contributed by atoms with E-state index < -0.39 is 0 Å². The van der Waals surface area contributed by atoms with Gasteiger partial charge in [0.2, 0.25) is 5.88 Å². The van der Waals surface area contributed by atoms with Gasteiger partial charge in [-0.2, -0.15) is 4.98 Å². The molecule has 0 spiro atoms. The van der Waals surface area contributed by atoms with Gasteiger partial charge in [0.25, 0.3) is 0 Å². The highest BCUT2D eigenvalue weighted by Gasteiger charge is 2.28. The van der Waals surface area contributed by atoms with Gasteiger partial charge in [0.15, 0.2) is 0 Å². The molecule has 1 aliphatic carbocycles. The molecule has 1 aliphatic rings. The summed E-state index contributed by atoms with van der Waals surface area (Å²) in [4.78, 5) is 8.92. The van der Waals surface area contributed by atoms with Gasteiger partial charge in [0, 0.05) is 11.5 Å². The molecule has 0 bridgehead atoms. The zero-order valence-electron chi connectivity index (χ0n) is 12.3. The summed E-state index contributed by atoms with van der Waals surface area (Å²) in [5.41, 5.74) is 7.80. The Morgan fingerprint density at radius 1 is 1.24 bits per heavy atom. The molecular weight excluding hydrogens is 262 g/mol. The molecule has 2 N–H and O–H groups in total. The fraction of sp³-hybridized carbons (Fsp3) is 0.294. The Bertz CT molecular complexity index is 690. The van der Waals surface area contributed by atoms with Gasteiger partial charge in [0.1, 0.15) is 17.4 Å². The highest BCUT2D eigenvalue weighted by Crippen LogP contribution is 2.40. The van der Waals surface area contributed by atoms with E-state index in [0.717, 1.165) is 35.5 Å². The zero-order valence-corrected chi connectivity index (χ0v) is 12.3. The Morgan fingerprint density at radius 3 is 2.71 bits per heavy atom. The second-order valence-corrected chi connectivity index (χ2v) is 5.31. The van der Waals surface area contributed by atoms with Crippen LogP contribution in [0.1, 0.15) is 42.6 Å². The van der Waals surface area contributed by atoms with Crippen LogP contribution in [0.5, 0.6) is 11.6 Å². The number of para-hydroxylation sites is 1. The zero-order chi connectivity index (χ0) is 14.8. The van der Waals surface area contributed by atoms with E-state index in [-0.39, 0.29) is 0 Å². The number of hydrogen-bond donors (Lipinski definition) is 1. The van der Waals surface area contributed by atoms with E-state index in [9.17, 15) is 0 Å². The third kappa shape index (κ3) is 2.89. The van der Waals surface area contributed by atoms with E-state index in [1.54, 1.807) is 0 Å². The molecule has 1 saturated carbocycles. The fourth-order valence-corrected chi connectivity index (χ4v) is 2.15. The molecule has 21 heavy (non-hydrogen) atoms. The Kier molecular flexibility index (Phi) is 3.60. The van der Waals surface area contributed by atoms with Crippen LogP contribution in [-0.4, -0.2) is 9.97 Å². The minimum Gasteiger partial charge on any atom is -0.438 e. The predicted molar refractivity (Wildman–Crippen MR) is 84.4 cm³/mol. The van der Waals surface area contributed by atoms with Gasteiger partial charge in [-0.05, 0) is 32.8 Å². The van der Waals surface area contributed by atoms with Gasteiger partial charge in [-0.25, -0.2) is 4.98 Å². The number of hydrogen-bond acceptors (Lipinski definition) is 4. The molecule has 0 radical (unpaired) electrons. The standard InChI is InChI=1S/C17H19N3O/c1-3-6-12-7-4-5-8-14(12)21-17-11(2)15(18)19-16(20-17)13-9-10-13/h3-8,13H,9-10H2,1-2H3,(H2,18,19,20)/b6-3+. The summed E-state index contributed by atoms with van der Waals surface area (Å²) in [6.45, 7) is 3.87. The average molecular weight is 281 g/mol. The monoisotopic (exact) mass is 281 g/mol. The second kappa shape index (κ2) is 5.56. The van der Waals surface area contributed by atoms with Gasteiger partial charge < -0.3 is 10.5 Å². The smallest absolute Gasteiger partial charge is 0.227 e. The third-order valence-electron chi connectivity index (χ3n) is 3.57. The lowest BCUT2D eigenvalue weighted by atomic mass is 10.2. The van der Waals surface area contributed by atoms with Crippen LogP contribution in [0, 0.1) is 6.92 Å². The van der Waals surface area contributed by atoms with Crippen molar-refractivity contribution in [2.45, 2.75) is 32.6 Å². The number of aromatic nitrogens is 2. The maximum Gasteiger partial charge on any atom is 0.227 e. The van der Waals surface area contributed by atoms with Gasteiger partial charge in [-0.15, -0.1) is 0 Å². The van der Waals surface area contributed by atoms with Crippen molar-refractivity contribution in [1.29, 1.82) is 0 Å². The summed E-state index contributed by atoms with van der Waals surface area (Å²) >= 11 is 0. The molecule has 1 aromatic heterocycles. The number of nitrogen functional groups attached to an aromatic ring is 1. The number of allylic oxidation sites excluding steroid dienone is 1. The largest absolute Gasteiger partial charge is 0.438 e. The van der Waals surface area contributed by atoms with Crippen LogP contribution in [0.2, 0.25) is 0 Å². The maximum absolute atomic E-state index is 6.01. The minimum atomic E-state index is 0.445. The summed E-state index contributed by atoms with van der Waals surface area (Å²) in [6.07, 6.45) is 6.27. The molecular formula is C17H19N3O. The van der Waals surface area contributed by atoms with E-state index in [0.29, 0.717) is 17.6 Å². The highest BCUT2D eigenvalue weighted by molar-refractivity contribution is 5.58. The van der Waals surface area contributed by atoms with Crippen LogP contribution in [0.15, 0.2) is 30.3 Å². The Balaban J connectivity index is 1.98. The van der Waals surface area contributed by atoms with Crippen molar-refractivity contribution >= 4 is 11.9 Å². The summed E-state index contributed by atoms with van der Waals surface area (Å²) < 4.78 is 6.01. The number of benzene rings is 1. The molecule has 0 atom stereocenters. The van der Waals surface area contributed by atoms with Crippen LogP contribution >= 0.6 is 0 Å². The van der Waals surface area contributed by atoms with Crippen molar-refractivity contribution in [2.75, 3.05) is 5.73 Å². The molecule has 3 rings (SSSR count). The van der Waals surface area contributed by atoms with Crippen LogP contribution in [0.3, 0.4) is 0 Å². The average Bonchev–Trinajstić information content (AvgIpc) is 3.30. The van der Waals surface area contributed by atoms with Gasteiger partial charge in [-0.3, -0.25) is 0 Å². The maximum atomic E-state index is 6.01. The first-order valence-corrected chi connectivity index (χ1v) is 7.22. The highest BCUT2D eigenvalue weighted by atomic mass is 16.5. The summed E-state index contributed by atoms with van der Waals surface area (Å²) in [6, 6.07) is 7.88. The van der Waals surface area contributed by atoms with E-state index in [4.69, 9.17) is 10.5 Å². The molecule has 0 aliphatic heterocycles. The van der Waals surface area contributed by atoms with Crippen LogP contribution in [0.25, 0.3) is 6.08 Å². The first-order valence-electron chi connectivity index (χ1n) is 7.22. The number of ether oxygens (including phenoxy) is 1. The van der Waals surface area contributed by atoms with E-state index in [1.807, 2.05) is 50.3 Å². The summed E-state index contributed by atoms with van der Waals surface area (Å²) in [5, 5.41) is 0. The van der Waals surface area contributed by atoms with E-state index >= 15 is 0 Å². The fourth-order valence-electron chi connectivity index (χ4n) is 2.15. The van der Waals surface area contributed by atoms with E-state index in [1.165, 1.54) is 0 Å². The van der Waals surface area contributed by atoms with Gasteiger partial charge in [0.05, 0.1) is 5.56 Å². The van der Waals surface area contributed by atoms with Crippen molar-refractivity contribution < 1.29 is 4.74 Å². The number of nitrogens with zero attached hydrogens (tertiary/aromatic N) is 2. The first-order chi connectivity index (χ1) is 10.2. The number of anilines is 1. The third-order valence-corrected chi connectivity index (χ3v) is 3.57. The summed E-state index contributed by atoms with van der Waals surface area (Å²) in [5.74, 6) is 3.09. The van der Waals surface area contributed by atoms with Crippen LogP contribution < -0.4 is 10.5 Å². The Labute approximate surface area is 124 Å². The molecule has 0 amide bonds.